The Morgan fingerprint density at radius 2 is 2.25 bits per heavy atom. The Labute approximate surface area is 74.5 Å². The summed E-state index contributed by atoms with van der Waals surface area (Å²) in [6.45, 7) is 0. The first-order valence-corrected chi connectivity index (χ1v) is 5.23. The van der Waals surface area contributed by atoms with E-state index in [4.69, 9.17) is 0 Å². The lowest BCUT2D eigenvalue weighted by atomic mass is 9.93. The Morgan fingerprint density at radius 1 is 1.42 bits per heavy atom. The maximum absolute atomic E-state index is 9.82. The third kappa shape index (κ3) is 2.10. The molecule has 2 aliphatic carbocycles. The summed E-state index contributed by atoms with van der Waals surface area (Å²) in [6, 6.07) is 0. The van der Waals surface area contributed by atoms with Crippen molar-refractivity contribution in [3.63, 3.8) is 0 Å². The fraction of sp³-hybridized carbons (Fsp3) is 0.818. The maximum Gasteiger partial charge on any atom is 0.0752 e. The van der Waals surface area contributed by atoms with E-state index < -0.39 is 0 Å². The minimum Gasteiger partial charge on any atom is -0.389 e. The third-order valence-electron chi connectivity index (χ3n) is 3.01. The SMILES string of the molecule is OC(CC1CC1)C1=CCCCC1. The van der Waals surface area contributed by atoms with Gasteiger partial charge in [-0.05, 0) is 43.6 Å². The predicted molar refractivity (Wildman–Crippen MR) is 49.9 cm³/mol. The zero-order chi connectivity index (χ0) is 8.39. The first-order chi connectivity index (χ1) is 5.86. The fourth-order valence-electron chi connectivity index (χ4n) is 1.99. The average molecular weight is 166 g/mol. The molecule has 12 heavy (non-hydrogen) atoms. The summed E-state index contributed by atoms with van der Waals surface area (Å²) in [5.41, 5.74) is 1.33. The van der Waals surface area contributed by atoms with E-state index in [-0.39, 0.29) is 6.10 Å². The van der Waals surface area contributed by atoms with E-state index in [1.807, 2.05) is 0 Å². The van der Waals surface area contributed by atoms with Crippen LogP contribution in [0.2, 0.25) is 0 Å². The van der Waals surface area contributed by atoms with Crippen LogP contribution in [0.1, 0.15) is 44.9 Å². The Bertz CT molecular complexity index is 179. The molecular formula is C11H18O. The highest BCUT2D eigenvalue weighted by Gasteiger charge is 2.26. The van der Waals surface area contributed by atoms with E-state index in [2.05, 4.69) is 6.08 Å². The largest absolute Gasteiger partial charge is 0.389 e. The van der Waals surface area contributed by atoms with Crippen LogP contribution in [-0.2, 0) is 0 Å². The number of aliphatic hydroxyl groups excluding tert-OH is 1. The molecule has 0 heterocycles. The van der Waals surface area contributed by atoms with Crippen molar-refractivity contribution in [2.24, 2.45) is 5.92 Å². The van der Waals surface area contributed by atoms with Gasteiger partial charge in [-0.3, -0.25) is 0 Å². The number of hydrogen-bond donors (Lipinski definition) is 1. The number of rotatable bonds is 3. The molecule has 1 unspecified atom stereocenters. The third-order valence-corrected chi connectivity index (χ3v) is 3.01. The van der Waals surface area contributed by atoms with Crippen LogP contribution in [0.4, 0.5) is 0 Å². The van der Waals surface area contributed by atoms with Crippen LogP contribution in [0.25, 0.3) is 0 Å². The van der Waals surface area contributed by atoms with Crippen LogP contribution in [0.15, 0.2) is 11.6 Å². The van der Waals surface area contributed by atoms with Crippen molar-refractivity contribution in [2.45, 2.75) is 51.0 Å². The molecule has 1 saturated carbocycles. The standard InChI is InChI=1S/C11H18O/c12-11(8-9-6-7-9)10-4-2-1-3-5-10/h4,9,11-12H,1-3,5-8H2. The fourth-order valence-corrected chi connectivity index (χ4v) is 1.99. The minimum absolute atomic E-state index is 0.0993. The maximum atomic E-state index is 9.82. The number of hydrogen-bond acceptors (Lipinski definition) is 1. The summed E-state index contributed by atoms with van der Waals surface area (Å²) in [5.74, 6) is 0.850. The van der Waals surface area contributed by atoms with Crippen LogP contribution in [0.3, 0.4) is 0 Å². The molecule has 0 aromatic heterocycles. The highest BCUT2D eigenvalue weighted by molar-refractivity contribution is 5.11. The highest BCUT2D eigenvalue weighted by Crippen LogP contribution is 2.36. The summed E-state index contributed by atoms with van der Waals surface area (Å²) in [4.78, 5) is 0. The van der Waals surface area contributed by atoms with Crippen LogP contribution in [0.5, 0.6) is 0 Å². The molecule has 0 bridgehead atoms. The quantitative estimate of drug-likeness (QED) is 0.639. The molecule has 0 aliphatic heterocycles. The zero-order valence-corrected chi connectivity index (χ0v) is 7.63. The molecule has 0 spiro atoms. The van der Waals surface area contributed by atoms with Crippen molar-refractivity contribution in [3.8, 4) is 0 Å². The van der Waals surface area contributed by atoms with Crippen molar-refractivity contribution in [1.29, 1.82) is 0 Å². The summed E-state index contributed by atoms with van der Waals surface area (Å²) in [7, 11) is 0. The number of allylic oxidation sites excluding steroid dienone is 1. The molecule has 0 amide bonds. The van der Waals surface area contributed by atoms with Gasteiger partial charge in [0.05, 0.1) is 6.10 Å². The summed E-state index contributed by atoms with van der Waals surface area (Å²) < 4.78 is 0. The Hall–Kier alpha value is -0.300. The molecule has 68 valence electrons. The molecule has 1 atom stereocenters. The molecule has 1 nitrogen and oxygen atoms in total. The van der Waals surface area contributed by atoms with E-state index in [0.717, 1.165) is 18.8 Å². The van der Waals surface area contributed by atoms with Gasteiger partial charge in [0.15, 0.2) is 0 Å². The van der Waals surface area contributed by atoms with Crippen molar-refractivity contribution in [1.82, 2.24) is 0 Å². The van der Waals surface area contributed by atoms with E-state index in [1.165, 1.54) is 37.7 Å². The second-order valence-electron chi connectivity index (χ2n) is 4.22. The van der Waals surface area contributed by atoms with E-state index in [0.29, 0.717) is 0 Å². The van der Waals surface area contributed by atoms with E-state index >= 15 is 0 Å². The van der Waals surface area contributed by atoms with E-state index in [1.54, 1.807) is 0 Å². The molecule has 0 aromatic carbocycles. The molecule has 1 fully saturated rings. The highest BCUT2D eigenvalue weighted by atomic mass is 16.3. The van der Waals surface area contributed by atoms with Crippen LogP contribution in [0, 0.1) is 5.92 Å². The second-order valence-corrected chi connectivity index (χ2v) is 4.22. The van der Waals surface area contributed by atoms with Gasteiger partial charge in [0.2, 0.25) is 0 Å². The lowest BCUT2D eigenvalue weighted by Crippen LogP contribution is -2.13. The molecular weight excluding hydrogens is 148 g/mol. The first-order valence-electron chi connectivity index (χ1n) is 5.23. The number of aliphatic hydroxyl groups is 1. The van der Waals surface area contributed by atoms with Gasteiger partial charge < -0.3 is 5.11 Å². The van der Waals surface area contributed by atoms with Gasteiger partial charge in [0.1, 0.15) is 0 Å². The Balaban J connectivity index is 1.83. The smallest absolute Gasteiger partial charge is 0.0752 e. The minimum atomic E-state index is -0.0993. The Morgan fingerprint density at radius 3 is 2.83 bits per heavy atom. The van der Waals surface area contributed by atoms with Crippen molar-refractivity contribution < 1.29 is 5.11 Å². The van der Waals surface area contributed by atoms with Gasteiger partial charge >= 0.3 is 0 Å². The second kappa shape index (κ2) is 3.61. The normalized spacial score (nSPS) is 26.6. The molecule has 0 aromatic rings. The predicted octanol–water partition coefficient (Wildman–Crippen LogP) is 2.65. The first kappa shape index (κ1) is 8.31. The average Bonchev–Trinajstić information content (AvgIpc) is 2.90. The Kier molecular flexibility index (Phi) is 2.50. The van der Waals surface area contributed by atoms with Gasteiger partial charge in [-0.1, -0.05) is 18.9 Å². The van der Waals surface area contributed by atoms with Gasteiger partial charge in [-0.25, -0.2) is 0 Å². The van der Waals surface area contributed by atoms with Crippen LogP contribution < -0.4 is 0 Å². The van der Waals surface area contributed by atoms with E-state index in [9.17, 15) is 5.11 Å². The molecule has 2 aliphatic rings. The zero-order valence-electron chi connectivity index (χ0n) is 7.63. The van der Waals surface area contributed by atoms with Gasteiger partial charge in [0, 0.05) is 0 Å². The lowest BCUT2D eigenvalue weighted by molar-refractivity contribution is 0.186. The molecule has 1 N–H and O–H groups in total. The van der Waals surface area contributed by atoms with Gasteiger partial charge in [-0.2, -0.15) is 0 Å². The summed E-state index contributed by atoms with van der Waals surface area (Å²) in [5, 5.41) is 9.82. The van der Waals surface area contributed by atoms with Gasteiger partial charge in [-0.15, -0.1) is 0 Å². The van der Waals surface area contributed by atoms with Crippen molar-refractivity contribution in [2.75, 3.05) is 0 Å². The van der Waals surface area contributed by atoms with Crippen molar-refractivity contribution in [3.05, 3.63) is 11.6 Å². The molecule has 1 heteroatoms. The summed E-state index contributed by atoms with van der Waals surface area (Å²) in [6.07, 6.45) is 10.8. The molecule has 0 saturated heterocycles. The van der Waals surface area contributed by atoms with Gasteiger partial charge in [0.25, 0.3) is 0 Å². The van der Waals surface area contributed by atoms with Crippen molar-refractivity contribution >= 4 is 0 Å². The molecule has 2 rings (SSSR count). The lowest BCUT2D eigenvalue weighted by Gasteiger charge is -2.18. The van der Waals surface area contributed by atoms with Crippen LogP contribution >= 0.6 is 0 Å². The topological polar surface area (TPSA) is 20.2 Å². The molecule has 0 radical (unpaired) electrons. The monoisotopic (exact) mass is 166 g/mol. The summed E-state index contributed by atoms with van der Waals surface area (Å²) >= 11 is 0. The van der Waals surface area contributed by atoms with Crippen LogP contribution in [-0.4, -0.2) is 11.2 Å².